The SMILES string of the molecule is CCOC(=O)c1c(C)[nH]c(C(=O)[C@@H](C)[NH2+][C@@H](C)c2ccc3c(c2)OCCO3)c1C. The van der Waals surface area contributed by atoms with Crippen molar-refractivity contribution in [2.24, 2.45) is 0 Å². The van der Waals surface area contributed by atoms with Gasteiger partial charge >= 0.3 is 5.97 Å². The molecule has 0 bridgehead atoms. The first kappa shape index (κ1) is 20.9. The molecule has 0 spiro atoms. The number of quaternary nitrogens is 1. The van der Waals surface area contributed by atoms with Crippen LogP contribution in [-0.2, 0) is 4.74 Å². The van der Waals surface area contributed by atoms with E-state index in [9.17, 15) is 9.59 Å². The number of aromatic amines is 1. The second-order valence-electron chi connectivity index (χ2n) is 7.38. The van der Waals surface area contributed by atoms with Crippen LogP contribution < -0.4 is 14.8 Å². The van der Waals surface area contributed by atoms with Crippen LogP contribution in [0.15, 0.2) is 18.2 Å². The molecule has 1 aliphatic rings. The fourth-order valence-electron chi connectivity index (χ4n) is 3.71. The summed E-state index contributed by atoms with van der Waals surface area (Å²) in [5.74, 6) is 1.04. The van der Waals surface area contributed by atoms with Gasteiger partial charge in [-0.15, -0.1) is 0 Å². The monoisotopic (exact) mass is 401 g/mol. The van der Waals surface area contributed by atoms with E-state index in [4.69, 9.17) is 14.2 Å². The average molecular weight is 401 g/mol. The molecule has 0 aliphatic carbocycles. The number of carbonyl (C=O) groups is 2. The maximum absolute atomic E-state index is 13.1. The number of nitrogens with one attached hydrogen (secondary N) is 1. The van der Waals surface area contributed by atoms with Gasteiger partial charge in [0.25, 0.3) is 0 Å². The lowest BCUT2D eigenvalue weighted by atomic mass is 10.0. The Hall–Kier alpha value is -2.80. The number of esters is 1. The molecule has 0 saturated carbocycles. The number of fused-ring (bicyclic) bond motifs is 1. The van der Waals surface area contributed by atoms with Gasteiger partial charge in [-0.3, -0.25) is 4.79 Å². The Morgan fingerprint density at radius 2 is 1.86 bits per heavy atom. The average Bonchev–Trinajstić information content (AvgIpc) is 3.01. The molecule has 29 heavy (non-hydrogen) atoms. The lowest BCUT2D eigenvalue weighted by Gasteiger charge is -2.21. The quantitative estimate of drug-likeness (QED) is 0.549. The van der Waals surface area contributed by atoms with Gasteiger partial charge in [0, 0.05) is 11.3 Å². The number of hydrogen-bond donors (Lipinski definition) is 2. The van der Waals surface area contributed by atoms with Gasteiger partial charge in [-0.05, 0) is 58.4 Å². The van der Waals surface area contributed by atoms with Crippen LogP contribution in [0.2, 0.25) is 0 Å². The van der Waals surface area contributed by atoms with Crippen molar-refractivity contribution in [2.75, 3.05) is 19.8 Å². The molecule has 3 rings (SSSR count). The van der Waals surface area contributed by atoms with Crippen molar-refractivity contribution >= 4 is 11.8 Å². The molecule has 0 amide bonds. The zero-order valence-corrected chi connectivity index (χ0v) is 17.6. The number of hydrogen-bond acceptors (Lipinski definition) is 5. The molecule has 7 nitrogen and oxygen atoms in total. The van der Waals surface area contributed by atoms with Crippen LogP contribution in [0.3, 0.4) is 0 Å². The minimum atomic E-state index is -0.404. The first-order chi connectivity index (χ1) is 13.8. The predicted octanol–water partition coefficient (Wildman–Crippen LogP) is 2.48. The summed E-state index contributed by atoms with van der Waals surface area (Å²) in [6.45, 7) is 10.6. The Labute approximate surface area is 170 Å². The third kappa shape index (κ3) is 4.29. The summed E-state index contributed by atoms with van der Waals surface area (Å²) in [7, 11) is 0. The summed E-state index contributed by atoms with van der Waals surface area (Å²) >= 11 is 0. The molecule has 1 aromatic heterocycles. The van der Waals surface area contributed by atoms with Crippen molar-refractivity contribution in [3.63, 3.8) is 0 Å². The molecule has 2 atom stereocenters. The molecule has 7 heteroatoms. The largest absolute Gasteiger partial charge is 0.486 e. The number of nitrogens with two attached hydrogens (primary N) is 1. The number of aryl methyl sites for hydroxylation is 1. The Morgan fingerprint density at radius 3 is 2.55 bits per heavy atom. The van der Waals surface area contributed by atoms with Gasteiger partial charge in [-0.2, -0.15) is 0 Å². The summed E-state index contributed by atoms with van der Waals surface area (Å²) in [6, 6.07) is 5.59. The number of Topliss-reactive ketones (excluding diaryl/α,β-unsaturated/α-hetero) is 1. The maximum atomic E-state index is 13.1. The molecule has 3 N–H and O–H groups in total. The summed E-state index contributed by atoms with van der Waals surface area (Å²) in [6.07, 6.45) is 0. The minimum absolute atomic E-state index is 0.0469. The fourth-order valence-corrected chi connectivity index (χ4v) is 3.71. The molecule has 0 fully saturated rings. The Morgan fingerprint density at radius 1 is 1.17 bits per heavy atom. The highest BCUT2D eigenvalue weighted by atomic mass is 16.6. The van der Waals surface area contributed by atoms with E-state index in [1.165, 1.54) is 0 Å². The van der Waals surface area contributed by atoms with Gasteiger partial charge in [0.1, 0.15) is 25.3 Å². The van der Waals surface area contributed by atoms with Gasteiger partial charge in [0.05, 0.1) is 17.9 Å². The molecular weight excluding hydrogens is 372 g/mol. The fraction of sp³-hybridized carbons (Fsp3) is 0.455. The first-order valence-electron chi connectivity index (χ1n) is 9.98. The number of H-pyrrole nitrogens is 1. The van der Waals surface area contributed by atoms with Crippen molar-refractivity contribution in [3.05, 3.63) is 46.3 Å². The number of ketones is 1. The van der Waals surface area contributed by atoms with E-state index in [2.05, 4.69) is 4.98 Å². The zero-order valence-electron chi connectivity index (χ0n) is 17.6. The van der Waals surface area contributed by atoms with Crippen LogP contribution in [0.25, 0.3) is 0 Å². The van der Waals surface area contributed by atoms with Crippen molar-refractivity contribution in [3.8, 4) is 11.5 Å². The summed E-state index contributed by atoms with van der Waals surface area (Å²) in [4.78, 5) is 28.3. The van der Waals surface area contributed by atoms with Gasteiger partial charge in [0.2, 0.25) is 5.78 Å². The normalized spacial score (nSPS) is 14.9. The number of rotatable bonds is 7. The van der Waals surface area contributed by atoms with E-state index >= 15 is 0 Å². The summed E-state index contributed by atoms with van der Waals surface area (Å²) < 4.78 is 16.3. The van der Waals surface area contributed by atoms with Crippen LogP contribution in [0.1, 0.15) is 64.5 Å². The van der Waals surface area contributed by atoms with Crippen LogP contribution in [0.5, 0.6) is 11.5 Å². The van der Waals surface area contributed by atoms with E-state index in [0.29, 0.717) is 42.3 Å². The van der Waals surface area contributed by atoms with Crippen molar-refractivity contribution in [2.45, 2.75) is 46.7 Å². The second kappa shape index (κ2) is 8.69. The van der Waals surface area contributed by atoms with Crippen LogP contribution in [0.4, 0.5) is 0 Å². The van der Waals surface area contributed by atoms with Gasteiger partial charge in [0.15, 0.2) is 11.5 Å². The highest BCUT2D eigenvalue weighted by Gasteiger charge is 2.28. The van der Waals surface area contributed by atoms with E-state index in [1.807, 2.05) is 37.4 Å². The van der Waals surface area contributed by atoms with Gasteiger partial charge in [-0.1, -0.05) is 0 Å². The smallest absolute Gasteiger partial charge is 0.340 e. The third-order valence-corrected chi connectivity index (χ3v) is 5.25. The van der Waals surface area contributed by atoms with E-state index in [0.717, 1.165) is 17.1 Å². The van der Waals surface area contributed by atoms with Crippen molar-refractivity contribution in [1.29, 1.82) is 0 Å². The van der Waals surface area contributed by atoms with Crippen LogP contribution in [0, 0.1) is 13.8 Å². The topological polar surface area (TPSA) is 94.2 Å². The second-order valence-corrected chi connectivity index (χ2v) is 7.38. The van der Waals surface area contributed by atoms with Crippen LogP contribution in [-0.4, -0.2) is 42.6 Å². The summed E-state index contributed by atoms with van der Waals surface area (Å²) in [5.41, 5.74) is 3.25. The first-order valence-corrected chi connectivity index (χ1v) is 9.98. The van der Waals surface area contributed by atoms with Crippen molar-refractivity contribution < 1.29 is 29.1 Å². The van der Waals surface area contributed by atoms with E-state index in [1.54, 1.807) is 20.8 Å². The zero-order chi connectivity index (χ0) is 21.1. The molecule has 0 radical (unpaired) electrons. The standard InChI is InChI=1S/C22H28N2O5/c1-6-27-22(26)19-12(2)20(24-14(19)4)21(25)15(5)23-13(3)16-7-8-17-18(11-16)29-10-9-28-17/h7-8,11,13,15,23-24H,6,9-10H2,1-5H3/p+1/t13-,15+/m0/s1. The van der Waals surface area contributed by atoms with Crippen LogP contribution >= 0.6 is 0 Å². The Balaban J connectivity index is 1.74. The Bertz CT molecular complexity index is 918. The van der Waals surface area contributed by atoms with Gasteiger partial charge < -0.3 is 24.5 Å². The molecule has 2 heterocycles. The van der Waals surface area contributed by atoms with Gasteiger partial charge in [-0.25, -0.2) is 4.79 Å². The van der Waals surface area contributed by atoms with E-state index < -0.39 is 5.97 Å². The predicted molar refractivity (Wildman–Crippen MR) is 108 cm³/mol. The minimum Gasteiger partial charge on any atom is -0.486 e. The highest BCUT2D eigenvalue weighted by molar-refractivity contribution is 6.03. The molecular formula is C22H29N2O5+. The Kier molecular flexibility index (Phi) is 6.27. The maximum Gasteiger partial charge on any atom is 0.340 e. The number of ether oxygens (including phenoxy) is 3. The lowest BCUT2D eigenvalue weighted by molar-refractivity contribution is -0.709. The number of carbonyl (C=O) groups excluding carboxylic acids is 2. The highest BCUT2D eigenvalue weighted by Crippen LogP contribution is 2.32. The molecule has 0 saturated heterocycles. The molecule has 0 unspecified atom stereocenters. The number of aromatic nitrogens is 1. The third-order valence-electron chi connectivity index (χ3n) is 5.25. The molecule has 156 valence electrons. The molecule has 1 aliphatic heterocycles. The lowest BCUT2D eigenvalue weighted by Crippen LogP contribution is -2.91. The molecule has 1 aromatic carbocycles. The van der Waals surface area contributed by atoms with E-state index in [-0.39, 0.29) is 17.9 Å². The summed E-state index contributed by atoms with van der Waals surface area (Å²) in [5, 5.41) is 2.01. The number of benzene rings is 1. The molecule has 2 aromatic rings. The van der Waals surface area contributed by atoms with Crippen molar-refractivity contribution in [1.82, 2.24) is 4.98 Å².